The number of aliphatic hydroxyl groups is 1. The quantitative estimate of drug-likeness (QED) is 0.0845. The molecule has 0 unspecified atom stereocenters. The monoisotopic (exact) mass is 912 g/mol. The van der Waals surface area contributed by atoms with E-state index in [0.29, 0.717) is 12.1 Å². The van der Waals surface area contributed by atoms with Crippen LogP contribution < -0.4 is 0 Å². The first-order valence-corrected chi connectivity index (χ1v) is 19.5. The molecule has 0 fully saturated rings. The van der Waals surface area contributed by atoms with Crippen LogP contribution >= 0.6 is 0 Å². The zero-order chi connectivity index (χ0) is 40.2. The van der Waals surface area contributed by atoms with E-state index in [4.69, 9.17) is 6.35 Å². The first-order valence-electron chi connectivity index (χ1n) is 20.0. The fourth-order valence-corrected chi connectivity index (χ4v) is 6.76. The number of hydrogen-bond acceptors (Lipinski definition) is 4. The molecule has 291 valence electrons. The Bertz CT molecular complexity index is 2210. The van der Waals surface area contributed by atoms with Gasteiger partial charge in [0.2, 0.25) is 0 Å². The molecule has 0 aliphatic carbocycles. The van der Waals surface area contributed by atoms with Crippen molar-refractivity contribution in [1.82, 2.24) is 9.97 Å². The van der Waals surface area contributed by atoms with Crippen LogP contribution in [0.2, 0.25) is 0 Å². The molecular formula is C50H58IrN2O2-2. The minimum atomic E-state index is 0. The maximum Gasteiger partial charge on any atom is 0.162 e. The van der Waals surface area contributed by atoms with Gasteiger partial charge in [-0.05, 0) is 76.8 Å². The van der Waals surface area contributed by atoms with Crippen molar-refractivity contribution in [2.45, 2.75) is 101 Å². The normalized spacial score (nSPS) is 11.5. The second-order valence-corrected chi connectivity index (χ2v) is 14.6. The number of aromatic nitrogens is 2. The number of aryl methyl sites for hydroxylation is 4. The Morgan fingerprint density at radius 2 is 1.35 bits per heavy atom. The van der Waals surface area contributed by atoms with E-state index in [1.165, 1.54) is 28.2 Å². The van der Waals surface area contributed by atoms with Gasteiger partial charge in [0.15, 0.2) is 5.78 Å². The first-order chi connectivity index (χ1) is 26.3. The fraction of sp³-hybridized carbons (Fsp3) is 0.340. The summed E-state index contributed by atoms with van der Waals surface area (Å²) in [6.45, 7) is 20.7. The Balaban J connectivity index is 0.000000228. The van der Waals surface area contributed by atoms with Crippen molar-refractivity contribution in [3.63, 3.8) is 0 Å². The van der Waals surface area contributed by atoms with Crippen molar-refractivity contribution >= 4 is 27.5 Å². The summed E-state index contributed by atoms with van der Waals surface area (Å²) in [7, 11) is 0. The van der Waals surface area contributed by atoms with Crippen LogP contribution in [0.4, 0.5) is 0 Å². The van der Waals surface area contributed by atoms with E-state index in [-0.39, 0.29) is 43.5 Å². The smallest absolute Gasteiger partial charge is 0.162 e. The molecule has 55 heavy (non-hydrogen) atoms. The SMILES string of the molecule is CCC(CC)C(=O)/C=C(\O)C(CC)CC.Cc1[c-]c(-c2ccc3ccccc3n2)cc(C)c1.[2H]c1cc2cc(C(C)C)ccc2c(-c2[c-]c(C)cc(C)c2)n1.[Ir]. The van der Waals surface area contributed by atoms with Crippen LogP contribution in [-0.2, 0) is 24.9 Å². The predicted molar refractivity (Wildman–Crippen MR) is 229 cm³/mol. The van der Waals surface area contributed by atoms with Gasteiger partial charge in [0.25, 0.3) is 0 Å². The molecule has 0 spiro atoms. The van der Waals surface area contributed by atoms with Gasteiger partial charge in [-0.2, -0.15) is 0 Å². The minimum Gasteiger partial charge on any atom is -0.512 e. The summed E-state index contributed by atoms with van der Waals surface area (Å²) in [6, 6.07) is 35.8. The van der Waals surface area contributed by atoms with E-state index >= 15 is 0 Å². The number of allylic oxidation sites excluding steroid dienone is 2. The largest absolute Gasteiger partial charge is 0.512 e. The summed E-state index contributed by atoms with van der Waals surface area (Å²) in [4.78, 5) is 20.9. The second kappa shape index (κ2) is 21.6. The maximum absolute atomic E-state index is 11.7. The van der Waals surface area contributed by atoms with Gasteiger partial charge in [-0.1, -0.05) is 118 Å². The summed E-state index contributed by atoms with van der Waals surface area (Å²) in [5.41, 5.74) is 10.9. The number of aliphatic hydroxyl groups excluding tert-OH is 1. The summed E-state index contributed by atoms with van der Waals surface area (Å²) in [6.07, 6.45) is 5.21. The molecule has 2 heterocycles. The number of rotatable bonds is 10. The van der Waals surface area contributed by atoms with Crippen molar-refractivity contribution < 1.29 is 31.4 Å². The van der Waals surface area contributed by atoms with Crippen LogP contribution in [0.5, 0.6) is 0 Å². The number of fused-ring (bicyclic) bond motifs is 2. The molecule has 4 aromatic carbocycles. The predicted octanol–water partition coefficient (Wildman–Crippen LogP) is 13.6. The van der Waals surface area contributed by atoms with Gasteiger partial charge >= 0.3 is 0 Å². The number of nitrogens with zero attached hydrogens (tertiary/aromatic N) is 2. The molecule has 6 aromatic rings. The third-order valence-electron chi connectivity index (χ3n) is 9.90. The van der Waals surface area contributed by atoms with Crippen molar-refractivity contribution in [1.29, 1.82) is 0 Å². The third kappa shape index (κ3) is 12.5. The van der Waals surface area contributed by atoms with Gasteiger partial charge in [-0.15, -0.1) is 69.8 Å². The van der Waals surface area contributed by atoms with Crippen LogP contribution in [0.15, 0.2) is 103 Å². The third-order valence-corrected chi connectivity index (χ3v) is 9.90. The van der Waals surface area contributed by atoms with Crippen molar-refractivity contribution in [3.05, 3.63) is 143 Å². The number of carbonyl (C=O) groups is 1. The standard InChI is InChI=1S/C20H20N.C17H14N.C13H24O2.Ir/c1-13(2)16-5-6-19-17(12-16)7-8-21-20(19)18-10-14(3)9-15(4)11-18;1-12-9-13(2)11-15(10-12)17-8-7-14-5-3-4-6-16(14)18-17;1-5-10(6-2)12(14)9-13(15)11(7-3)8-4;/h5-10,12-13H,1-4H3;3-10H,1-2H3;9-11,14H,5-8H2,1-4H3;/q2*-1;;/b;;12-9-;/i8D;;;. The van der Waals surface area contributed by atoms with Crippen LogP contribution in [-0.4, -0.2) is 20.9 Å². The molecule has 1 N–H and O–H groups in total. The molecule has 0 bridgehead atoms. The van der Waals surface area contributed by atoms with E-state index in [1.807, 2.05) is 58.9 Å². The molecule has 1 radical (unpaired) electrons. The van der Waals surface area contributed by atoms with Gasteiger partial charge < -0.3 is 10.1 Å². The van der Waals surface area contributed by atoms with Crippen molar-refractivity contribution in [3.8, 4) is 22.5 Å². The molecule has 0 saturated heterocycles. The number of carbonyl (C=O) groups excluding carboxylic acids is 1. The number of pyridine rings is 2. The van der Waals surface area contributed by atoms with Crippen LogP contribution in [0.1, 0.15) is 102 Å². The molecule has 0 saturated carbocycles. The van der Waals surface area contributed by atoms with E-state index in [2.05, 4.69) is 112 Å². The van der Waals surface area contributed by atoms with E-state index < -0.39 is 0 Å². The van der Waals surface area contributed by atoms with Gasteiger partial charge in [0.1, 0.15) is 0 Å². The maximum atomic E-state index is 11.7. The van der Waals surface area contributed by atoms with E-state index in [0.717, 1.165) is 75.6 Å². The zero-order valence-electron chi connectivity index (χ0n) is 35.3. The molecule has 0 atom stereocenters. The van der Waals surface area contributed by atoms with Gasteiger partial charge in [0.05, 0.1) is 12.6 Å². The van der Waals surface area contributed by atoms with E-state index in [9.17, 15) is 9.90 Å². The molecule has 0 aliphatic rings. The van der Waals surface area contributed by atoms with Crippen LogP contribution in [0.25, 0.3) is 44.2 Å². The average Bonchev–Trinajstić information content (AvgIpc) is 3.14. The summed E-state index contributed by atoms with van der Waals surface area (Å²) >= 11 is 0. The van der Waals surface area contributed by atoms with Gasteiger partial charge in [0, 0.05) is 44.2 Å². The first kappa shape index (κ1) is 43.3. The van der Waals surface area contributed by atoms with Crippen molar-refractivity contribution in [2.75, 3.05) is 0 Å². The Labute approximate surface area is 345 Å². The molecule has 2 aromatic heterocycles. The molecule has 6 rings (SSSR count). The second-order valence-electron chi connectivity index (χ2n) is 14.6. The Kier molecular flexibility index (Phi) is 17.0. The number of benzene rings is 4. The molecular weight excluding hydrogens is 853 g/mol. The Hall–Kier alpha value is -4.44. The van der Waals surface area contributed by atoms with Gasteiger partial charge in [-0.25, -0.2) is 0 Å². The van der Waals surface area contributed by atoms with Crippen molar-refractivity contribution in [2.24, 2.45) is 11.8 Å². The zero-order valence-corrected chi connectivity index (χ0v) is 36.7. The molecule has 4 nitrogen and oxygen atoms in total. The number of para-hydroxylation sites is 1. The molecule has 0 aliphatic heterocycles. The number of hydrogen-bond donors (Lipinski definition) is 1. The van der Waals surface area contributed by atoms with Crippen LogP contribution in [0.3, 0.4) is 0 Å². The van der Waals surface area contributed by atoms with Gasteiger partial charge in [-0.3, -0.25) is 9.78 Å². The summed E-state index contributed by atoms with van der Waals surface area (Å²) < 4.78 is 8.03. The Morgan fingerprint density at radius 1 is 0.745 bits per heavy atom. The minimum absolute atomic E-state index is 0. The molecule has 5 heteroatoms. The Morgan fingerprint density at radius 3 is 1.95 bits per heavy atom. The van der Waals surface area contributed by atoms with Crippen LogP contribution in [0, 0.1) is 51.7 Å². The fourth-order valence-electron chi connectivity index (χ4n) is 6.76. The average molecular weight is 912 g/mol. The van der Waals surface area contributed by atoms with E-state index in [1.54, 1.807) is 0 Å². The number of ketones is 1. The summed E-state index contributed by atoms with van der Waals surface area (Å²) in [5, 5.41) is 13.1. The molecule has 0 amide bonds. The topological polar surface area (TPSA) is 63.1 Å². The summed E-state index contributed by atoms with van der Waals surface area (Å²) in [5.74, 6) is 1.02.